The van der Waals surface area contributed by atoms with Gasteiger partial charge < -0.3 is 4.79 Å². The van der Waals surface area contributed by atoms with Crippen molar-refractivity contribution in [1.29, 1.82) is 0 Å². The van der Waals surface area contributed by atoms with Crippen molar-refractivity contribution >= 4 is 22.7 Å². The van der Waals surface area contributed by atoms with Crippen molar-refractivity contribution in [2.45, 2.75) is 6.92 Å². The Balaban J connectivity index is 0.000000371. The minimum Gasteiger partial charge on any atom is -0.307 e. The van der Waals surface area contributed by atoms with Crippen molar-refractivity contribution in [2.75, 3.05) is 0 Å². The van der Waals surface area contributed by atoms with Crippen LogP contribution in [0.5, 0.6) is 0 Å². The van der Waals surface area contributed by atoms with Crippen LogP contribution < -0.4 is 0 Å². The van der Waals surface area contributed by atoms with Crippen LogP contribution in [0.2, 0.25) is 0 Å². The Labute approximate surface area is 68.4 Å². The molecule has 1 aromatic heterocycles. The smallest absolute Gasteiger partial charge is 0.106 e. The number of nitrogens with zero attached hydrogens (tertiary/aromatic N) is 1. The molecular formula is C7H8BrNO. The van der Waals surface area contributed by atoms with Crippen LogP contribution in [-0.2, 0) is 4.79 Å². The molecule has 3 heteroatoms. The molecule has 54 valence electrons. The number of rotatable bonds is 0. The quantitative estimate of drug-likeness (QED) is 0.602. The van der Waals surface area contributed by atoms with Crippen LogP contribution >= 0.6 is 15.9 Å². The number of aromatic nitrogens is 1. The second-order valence-electron chi connectivity index (χ2n) is 1.60. The normalized spacial score (nSPS) is 7.80. The second-order valence-corrected chi connectivity index (χ2v) is 2.41. The van der Waals surface area contributed by atoms with Gasteiger partial charge in [-0.25, -0.2) is 4.98 Å². The maximum atomic E-state index is 8.00. The van der Waals surface area contributed by atoms with Crippen molar-refractivity contribution < 1.29 is 4.79 Å². The first-order valence-electron chi connectivity index (χ1n) is 2.67. The molecule has 0 aliphatic rings. The van der Waals surface area contributed by atoms with E-state index in [9.17, 15) is 0 Å². The van der Waals surface area contributed by atoms with Crippen LogP contribution in [0, 0.1) is 6.92 Å². The summed E-state index contributed by atoms with van der Waals surface area (Å²) in [5.74, 6) is 0. The number of carbonyl (C=O) groups is 1. The Morgan fingerprint density at radius 3 is 2.40 bits per heavy atom. The highest BCUT2D eigenvalue weighted by Crippen LogP contribution is 2.04. The summed E-state index contributed by atoms with van der Waals surface area (Å²) in [7, 11) is 0. The van der Waals surface area contributed by atoms with Gasteiger partial charge in [0, 0.05) is 5.69 Å². The SMILES string of the molecule is C=O.Cc1cccc(Br)n1. The number of halogens is 1. The monoisotopic (exact) mass is 201 g/mol. The van der Waals surface area contributed by atoms with E-state index in [1.165, 1.54) is 0 Å². The molecule has 0 saturated heterocycles. The van der Waals surface area contributed by atoms with E-state index in [0.29, 0.717) is 0 Å². The molecule has 1 rings (SSSR count). The highest BCUT2D eigenvalue weighted by Gasteiger charge is 1.83. The lowest BCUT2D eigenvalue weighted by atomic mass is 10.4. The largest absolute Gasteiger partial charge is 0.307 e. The first kappa shape index (κ1) is 9.30. The molecule has 0 bridgehead atoms. The molecule has 0 N–H and O–H groups in total. The molecule has 1 heterocycles. The van der Waals surface area contributed by atoms with Crippen molar-refractivity contribution in [1.82, 2.24) is 4.98 Å². The maximum Gasteiger partial charge on any atom is 0.106 e. The fourth-order valence-corrected chi connectivity index (χ4v) is 0.942. The van der Waals surface area contributed by atoms with Crippen molar-refractivity contribution in [3.05, 3.63) is 28.5 Å². The molecule has 0 aliphatic carbocycles. The van der Waals surface area contributed by atoms with Gasteiger partial charge in [0.15, 0.2) is 0 Å². The minimum atomic E-state index is 0.900. The van der Waals surface area contributed by atoms with Crippen molar-refractivity contribution in [2.24, 2.45) is 0 Å². The van der Waals surface area contributed by atoms with Gasteiger partial charge in [0.1, 0.15) is 11.4 Å². The number of aryl methyl sites for hydroxylation is 1. The number of carbonyl (C=O) groups excluding carboxylic acids is 1. The van der Waals surface area contributed by atoms with Crippen LogP contribution in [-0.4, -0.2) is 11.8 Å². The van der Waals surface area contributed by atoms with E-state index >= 15 is 0 Å². The van der Waals surface area contributed by atoms with E-state index in [1.807, 2.05) is 31.9 Å². The lowest BCUT2D eigenvalue weighted by Gasteiger charge is -1.88. The first-order valence-corrected chi connectivity index (χ1v) is 3.46. The van der Waals surface area contributed by atoms with Gasteiger partial charge in [0.25, 0.3) is 0 Å². The molecule has 0 saturated carbocycles. The predicted octanol–water partition coefficient (Wildman–Crippen LogP) is 1.97. The van der Waals surface area contributed by atoms with E-state index in [1.54, 1.807) is 0 Å². The zero-order valence-corrected chi connectivity index (χ0v) is 7.26. The summed E-state index contributed by atoms with van der Waals surface area (Å²) in [5, 5.41) is 0. The van der Waals surface area contributed by atoms with Crippen LogP contribution in [0.15, 0.2) is 22.8 Å². The van der Waals surface area contributed by atoms with Crippen LogP contribution in [0.4, 0.5) is 0 Å². The predicted molar refractivity (Wildman–Crippen MR) is 43.8 cm³/mol. The summed E-state index contributed by atoms with van der Waals surface area (Å²) in [6, 6.07) is 5.84. The van der Waals surface area contributed by atoms with Gasteiger partial charge in [-0.2, -0.15) is 0 Å². The van der Waals surface area contributed by atoms with E-state index in [0.717, 1.165) is 10.3 Å². The van der Waals surface area contributed by atoms with E-state index in [2.05, 4.69) is 20.9 Å². The molecule has 0 aliphatic heterocycles. The Kier molecular flexibility index (Phi) is 4.76. The van der Waals surface area contributed by atoms with Gasteiger partial charge in [-0.1, -0.05) is 6.07 Å². The van der Waals surface area contributed by atoms with Gasteiger partial charge in [0.2, 0.25) is 0 Å². The molecule has 0 atom stereocenters. The molecule has 10 heavy (non-hydrogen) atoms. The highest BCUT2D eigenvalue weighted by molar-refractivity contribution is 9.10. The Morgan fingerprint density at radius 1 is 1.50 bits per heavy atom. The Morgan fingerprint density at radius 2 is 2.10 bits per heavy atom. The molecule has 0 amide bonds. The summed E-state index contributed by atoms with van der Waals surface area (Å²) >= 11 is 3.25. The summed E-state index contributed by atoms with van der Waals surface area (Å²) in [6.07, 6.45) is 0. The van der Waals surface area contributed by atoms with Crippen LogP contribution in [0.3, 0.4) is 0 Å². The fourth-order valence-electron chi connectivity index (χ4n) is 0.510. The lowest BCUT2D eigenvalue weighted by Crippen LogP contribution is -1.77. The maximum absolute atomic E-state index is 8.00. The minimum absolute atomic E-state index is 0.900. The van der Waals surface area contributed by atoms with Gasteiger partial charge in [-0.3, -0.25) is 0 Å². The zero-order valence-electron chi connectivity index (χ0n) is 5.67. The van der Waals surface area contributed by atoms with E-state index in [-0.39, 0.29) is 0 Å². The molecule has 1 aromatic rings. The van der Waals surface area contributed by atoms with Gasteiger partial charge in [-0.15, -0.1) is 0 Å². The van der Waals surface area contributed by atoms with Gasteiger partial charge >= 0.3 is 0 Å². The molecule has 0 unspecified atom stereocenters. The third-order valence-corrected chi connectivity index (χ3v) is 1.30. The number of pyridine rings is 1. The zero-order chi connectivity index (χ0) is 7.98. The van der Waals surface area contributed by atoms with Crippen molar-refractivity contribution in [3.63, 3.8) is 0 Å². The van der Waals surface area contributed by atoms with Gasteiger partial charge in [0.05, 0.1) is 0 Å². The topological polar surface area (TPSA) is 30.0 Å². The fraction of sp³-hybridized carbons (Fsp3) is 0.143. The summed E-state index contributed by atoms with van der Waals surface area (Å²) < 4.78 is 0.900. The van der Waals surface area contributed by atoms with E-state index in [4.69, 9.17) is 4.79 Å². The summed E-state index contributed by atoms with van der Waals surface area (Å²) in [6.45, 7) is 3.96. The second kappa shape index (κ2) is 5.11. The third kappa shape index (κ3) is 3.35. The standard InChI is InChI=1S/C6H6BrN.CH2O/c1-5-3-2-4-6(7)8-5;1-2/h2-4H,1H3;1H2. The molecule has 2 nitrogen and oxygen atoms in total. The number of hydrogen-bond acceptors (Lipinski definition) is 2. The van der Waals surface area contributed by atoms with Crippen LogP contribution in [0.1, 0.15) is 5.69 Å². The summed E-state index contributed by atoms with van der Waals surface area (Å²) in [5.41, 5.74) is 1.04. The molecule has 0 radical (unpaired) electrons. The Hall–Kier alpha value is -0.700. The van der Waals surface area contributed by atoms with Crippen LogP contribution in [0.25, 0.3) is 0 Å². The first-order chi connectivity index (χ1) is 4.79. The molecule has 0 fully saturated rings. The molecule has 0 aromatic carbocycles. The summed E-state index contributed by atoms with van der Waals surface area (Å²) in [4.78, 5) is 12.1. The third-order valence-electron chi connectivity index (χ3n) is 0.854. The highest BCUT2D eigenvalue weighted by atomic mass is 79.9. The van der Waals surface area contributed by atoms with Crippen molar-refractivity contribution in [3.8, 4) is 0 Å². The average Bonchev–Trinajstić information content (AvgIpc) is 1.91. The Bertz CT molecular complexity index is 185. The molecule has 0 spiro atoms. The van der Waals surface area contributed by atoms with E-state index < -0.39 is 0 Å². The average molecular weight is 202 g/mol. The lowest BCUT2D eigenvalue weighted by molar-refractivity contribution is -0.0979. The molecular weight excluding hydrogens is 194 g/mol. The number of hydrogen-bond donors (Lipinski definition) is 0. The van der Waals surface area contributed by atoms with Gasteiger partial charge in [-0.05, 0) is 35.0 Å².